The van der Waals surface area contributed by atoms with E-state index in [1.165, 1.54) is 0 Å². The molecule has 0 bridgehead atoms. The third-order valence-corrected chi connectivity index (χ3v) is 3.44. The number of halogens is 1. The highest BCUT2D eigenvalue weighted by Gasteiger charge is 2.29. The number of carbonyl (C=O) groups excluding carboxylic acids is 1. The number of nitrogens with one attached hydrogen (secondary N) is 1. The predicted molar refractivity (Wildman–Crippen MR) is 81.2 cm³/mol. The molecular weight excluding hydrogens is 306 g/mol. The standard InChI is InChI=1S/C15H22BrNO2/c1-6-15(5,11-8-7-9-12(16)10-11)17-13(18)19-14(2,3)4/h7-10H,6H2,1-5H3,(H,17,18). The average molecular weight is 328 g/mol. The SMILES string of the molecule is CCC(C)(NC(=O)OC(C)(C)C)c1cccc(Br)c1. The van der Waals surface area contributed by atoms with Crippen LogP contribution in [0.5, 0.6) is 0 Å². The molecule has 3 nitrogen and oxygen atoms in total. The summed E-state index contributed by atoms with van der Waals surface area (Å²) in [4.78, 5) is 11.9. The lowest BCUT2D eigenvalue weighted by Crippen LogP contribution is -2.45. The molecule has 1 unspecified atom stereocenters. The van der Waals surface area contributed by atoms with Gasteiger partial charge in [-0.15, -0.1) is 0 Å². The van der Waals surface area contributed by atoms with Crippen molar-refractivity contribution < 1.29 is 9.53 Å². The zero-order valence-electron chi connectivity index (χ0n) is 12.2. The Balaban J connectivity index is 2.90. The Hall–Kier alpha value is -1.03. The van der Waals surface area contributed by atoms with Gasteiger partial charge >= 0.3 is 6.09 Å². The minimum Gasteiger partial charge on any atom is -0.444 e. The molecule has 0 radical (unpaired) electrons. The summed E-state index contributed by atoms with van der Waals surface area (Å²) >= 11 is 3.45. The Morgan fingerprint density at radius 1 is 1.32 bits per heavy atom. The van der Waals surface area contributed by atoms with E-state index < -0.39 is 17.2 Å². The van der Waals surface area contributed by atoms with Gasteiger partial charge in [0.2, 0.25) is 0 Å². The van der Waals surface area contributed by atoms with Gasteiger partial charge in [0.15, 0.2) is 0 Å². The third kappa shape index (κ3) is 4.86. The van der Waals surface area contributed by atoms with Gasteiger partial charge in [0.25, 0.3) is 0 Å². The van der Waals surface area contributed by atoms with Crippen molar-refractivity contribution in [3.63, 3.8) is 0 Å². The number of amides is 1. The lowest BCUT2D eigenvalue weighted by molar-refractivity contribution is 0.0458. The topological polar surface area (TPSA) is 38.3 Å². The summed E-state index contributed by atoms with van der Waals surface area (Å²) in [5.74, 6) is 0. The molecule has 0 saturated heterocycles. The second-order valence-corrected chi connectivity index (χ2v) is 6.74. The van der Waals surface area contributed by atoms with E-state index >= 15 is 0 Å². The molecule has 0 heterocycles. The molecule has 0 spiro atoms. The van der Waals surface area contributed by atoms with Crippen LogP contribution in [0.4, 0.5) is 4.79 Å². The Morgan fingerprint density at radius 3 is 2.42 bits per heavy atom. The number of hydrogen-bond acceptors (Lipinski definition) is 2. The van der Waals surface area contributed by atoms with Crippen molar-refractivity contribution in [1.29, 1.82) is 0 Å². The fourth-order valence-electron chi connectivity index (χ4n) is 1.73. The molecule has 1 aromatic carbocycles. The molecule has 1 N–H and O–H groups in total. The molecule has 1 atom stereocenters. The number of alkyl carbamates (subject to hydrolysis) is 1. The van der Waals surface area contributed by atoms with Crippen LogP contribution in [0.1, 0.15) is 46.6 Å². The van der Waals surface area contributed by atoms with Gasteiger partial charge in [0.1, 0.15) is 5.60 Å². The van der Waals surface area contributed by atoms with E-state index in [9.17, 15) is 4.79 Å². The first-order valence-electron chi connectivity index (χ1n) is 6.43. The Bertz CT molecular complexity index is 454. The van der Waals surface area contributed by atoms with Crippen molar-refractivity contribution in [2.24, 2.45) is 0 Å². The zero-order valence-corrected chi connectivity index (χ0v) is 13.8. The molecule has 0 aromatic heterocycles. The van der Waals surface area contributed by atoms with E-state index in [0.717, 1.165) is 16.5 Å². The van der Waals surface area contributed by atoms with Crippen LogP contribution in [0.15, 0.2) is 28.7 Å². The molecule has 0 fully saturated rings. The molecule has 0 aliphatic carbocycles. The number of ether oxygens (including phenoxy) is 1. The number of carbonyl (C=O) groups is 1. The number of benzene rings is 1. The molecular formula is C15H22BrNO2. The molecule has 1 rings (SSSR count). The van der Waals surface area contributed by atoms with E-state index in [0.29, 0.717) is 0 Å². The van der Waals surface area contributed by atoms with Gasteiger partial charge in [-0.25, -0.2) is 4.79 Å². The first-order valence-corrected chi connectivity index (χ1v) is 7.23. The highest BCUT2D eigenvalue weighted by atomic mass is 79.9. The van der Waals surface area contributed by atoms with Gasteiger partial charge in [-0.3, -0.25) is 0 Å². The maximum atomic E-state index is 11.9. The summed E-state index contributed by atoms with van der Waals surface area (Å²) in [5.41, 5.74) is 0.123. The van der Waals surface area contributed by atoms with Gasteiger partial charge in [0.05, 0.1) is 5.54 Å². The maximum absolute atomic E-state index is 11.9. The fourth-order valence-corrected chi connectivity index (χ4v) is 2.12. The van der Waals surface area contributed by atoms with Crippen LogP contribution in [0.3, 0.4) is 0 Å². The van der Waals surface area contributed by atoms with Crippen molar-refractivity contribution in [2.75, 3.05) is 0 Å². The van der Waals surface area contributed by atoms with Crippen molar-refractivity contribution in [3.8, 4) is 0 Å². The summed E-state index contributed by atoms with van der Waals surface area (Å²) in [6.45, 7) is 9.61. The summed E-state index contributed by atoms with van der Waals surface area (Å²) in [7, 11) is 0. The molecule has 1 amide bonds. The second kappa shape index (κ2) is 5.95. The largest absolute Gasteiger partial charge is 0.444 e. The van der Waals surface area contributed by atoms with E-state index in [2.05, 4.69) is 21.2 Å². The highest BCUT2D eigenvalue weighted by Crippen LogP contribution is 2.27. The van der Waals surface area contributed by atoms with Crippen LogP contribution in [0, 0.1) is 0 Å². The second-order valence-electron chi connectivity index (χ2n) is 5.82. The van der Waals surface area contributed by atoms with Crippen LogP contribution in [-0.2, 0) is 10.3 Å². The van der Waals surface area contributed by atoms with Crippen LogP contribution in [0.25, 0.3) is 0 Å². The van der Waals surface area contributed by atoms with Crippen LogP contribution < -0.4 is 5.32 Å². The predicted octanol–water partition coefficient (Wildman–Crippen LogP) is 4.60. The average Bonchev–Trinajstić information content (AvgIpc) is 2.26. The molecule has 0 aliphatic heterocycles. The maximum Gasteiger partial charge on any atom is 0.408 e. The summed E-state index contributed by atoms with van der Waals surface area (Å²) in [6.07, 6.45) is 0.389. The first kappa shape index (κ1) is 16.0. The molecule has 106 valence electrons. The molecule has 1 aromatic rings. The van der Waals surface area contributed by atoms with Crippen LogP contribution in [-0.4, -0.2) is 11.7 Å². The molecule has 4 heteroatoms. The van der Waals surface area contributed by atoms with E-state index in [1.54, 1.807) is 0 Å². The van der Waals surface area contributed by atoms with Crippen LogP contribution in [0.2, 0.25) is 0 Å². The van der Waals surface area contributed by atoms with E-state index in [1.807, 2.05) is 58.9 Å². The smallest absolute Gasteiger partial charge is 0.408 e. The first-order chi connectivity index (χ1) is 8.66. The minimum absolute atomic E-state index is 0.392. The van der Waals surface area contributed by atoms with Crippen molar-refractivity contribution >= 4 is 22.0 Å². The minimum atomic E-state index is -0.490. The Labute approximate surface area is 123 Å². The van der Waals surface area contributed by atoms with Crippen molar-refractivity contribution in [3.05, 3.63) is 34.3 Å². The molecule has 0 aliphatic rings. The van der Waals surface area contributed by atoms with Crippen LogP contribution >= 0.6 is 15.9 Å². The van der Waals surface area contributed by atoms with Gasteiger partial charge < -0.3 is 10.1 Å². The van der Waals surface area contributed by atoms with Gasteiger partial charge in [-0.05, 0) is 51.8 Å². The lowest BCUT2D eigenvalue weighted by atomic mass is 9.89. The number of hydrogen-bond donors (Lipinski definition) is 1. The van der Waals surface area contributed by atoms with Crippen molar-refractivity contribution in [2.45, 2.75) is 52.2 Å². The van der Waals surface area contributed by atoms with Gasteiger partial charge in [-0.2, -0.15) is 0 Å². The third-order valence-electron chi connectivity index (χ3n) is 2.95. The van der Waals surface area contributed by atoms with E-state index in [-0.39, 0.29) is 0 Å². The Kier molecular flexibility index (Phi) is 5.02. The highest BCUT2D eigenvalue weighted by molar-refractivity contribution is 9.10. The Morgan fingerprint density at radius 2 is 1.95 bits per heavy atom. The van der Waals surface area contributed by atoms with Crippen molar-refractivity contribution in [1.82, 2.24) is 5.32 Å². The summed E-state index contributed by atoms with van der Waals surface area (Å²) in [5, 5.41) is 2.96. The van der Waals surface area contributed by atoms with Gasteiger partial charge in [-0.1, -0.05) is 35.0 Å². The summed E-state index contributed by atoms with van der Waals surface area (Å²) < 4.78 is 6.32. The summed E-state index contributed by atoms with van der Waals surface area (Å²) in [6, 6.07) is 7.95. The molecule has 19 heavy (non-hydrogen) atoms. The normalized spacial score (nSPS) is 14.6. The molecule has 0 saturated carbocycles. The quantitative estimate of drug-likeness (QED) is 0.881. The lowest BCUT2D eigenvalue weighted by Gasteiger charge is -2.31. The monoisotopic (exact) mass is 327 g/mol. The van der Waals surface area contributed by atoms with Gasteiger partial charge in [0, 0.05) is 4.47 Å². The number of rotatable bonds is 3. The zero-order chi connectivity index (χ0) is 14.7. The van der Waals surface area contributed by atoms with E-state index in [4.69, 9.17) is 4.74 Å². The fraction of sp³-hybridized carbons (Fsp3) is 0.533.